The van der Waals surface area contributed by atoms with Crippen molar-refractivity contribution in [2.24, 2.45) is 0 Å². The van der Waals surface area contributed by atoms with E-state index in [9.17, 15) is 9.59 Å². The number of hydrogen-bond donors (Lipinski definition) is 0. The average Bonchev–Trinajstić information content (AvgIpc) is 3.28. The lowest BCUT2D eigenvalue weighted by atomic mass is 10.1. The molecule has 0 aliphatic heterocycles. The van der Waals surface area contributed by atoms with E-state index in [1.165, 1.54) is 0 Å². The summed E-state index contributed by atoms with van der Waals surface area (Å²) in [6.45, 7) is 0. The summed E-state index contributed by atoms with van der Waals surface area (Å²) in [5, 5.41) is 0. The molecule has 0 unspecified atom stereocenters. The van der Waals surface area contributed by atoms with E-state index < -0.39 is 0 Å². The highest BCUT2D eigenvalue weighted by molar-refractivity contribution is 5.90. The number of benzene rings is 3. The fraction of sp³-hybridized carbons (Fsp3) is 0. The molecule has 0 bridgehead atoms. The number of carbonyl (C=O) groups excluding carboxylic acids is 2. The fourth-order valence-corrected chi connectivity index (χ4v) is 3.44. The number of nitrogens with zero attached hydrogens (tertiary/aromatic N) is 4. The summed E-state index contributed by atoms with van der Waals surface area (Å²) in [5.41, 5.74) is 5.75. The van der Waals surface area contributed by atoms with Crippen molar-refractivity contribution >= 4 is 23.7 Å². The Labute approximate surface area is 177 Å². The maximum absolute atomic E-state index is 11.1. The highest BCUT2D eigenvalue weighted by Crippen LogP contribution is 2.29. The van der Waals surface area contributed by atoms with E-state index in [0.29, 0.717) is 33.8 Å². The largest absolute Gasteiger partial charge is 0.298 e. The molecule has 148 valence electrons. The van der Waals surface area contributed by atoms with Crippen molar-refractivity contribution in [3.8, 4) is 28.3 Å². The van der Waals surface area contributed by atoms with Crippen molar-refractivity contribution in [1.29, 1.82) is 0 Å². The molecule has 0 saturated heterocycles. The molecule has 0 fully saturated rings. The molecular formula is C25H16N4O2. The lowest BCUT2D eigenvalue weighted by Crippen LogP contribution is -1.99. The Kier molecular flexibility index (Phi) is 4.65. The molecule has 0 N–H and O–H groups in total. The minimum Gasteiger partial charge on any atom is -0.298 e. The van der Waals surface area contributed by atoms with Crippen molar-refractivity contribution in [2.75, 3.05) is 0 Å². The zero-order valence-electron chi connectivity index (χ0n) is 16.3. The summed E-state index contributed by atoms with van der Waals surface area (Å²) in [5.74, 6) is 0.525. The van der Waals surface area contributed by atoms with Gasteiger partial charge in [-0.3, -0.25) is 14.2 Å². The molecule has 0 aliphatic rings. The van der Waals surface area contributed by atoms with Gasteiger partial charge in [-0.1, -0.05) is 66.7 Å². The van der Waals surface area contributed by atoms with Gasteiger partial charge in [0, 0.05) is 27.9 Å². The van der Waals surface area contributed by atoms with Crippen LogP contribution in [0.3, 0.4) is 0 Å². The number of aromatic nitrogens is 4. The highest BCUT2D eigenvalue weighted by Gasteiger charge is 2.17. The van der Waals surface area contributed by atoms with Crippen LogP contribution in [0.25, 0.3) is 39.5 Å². The second kappa shape index (κ2) is 7.76. The molecule has 0 radical (unpaired) electrons. The zero-order chi connectivity index (χ0) is 21.2. The third-order valence-corrected chi connectivity index (χ3v) is 5.06. The van der Waals surface area contributed by atoms with Gasteiger partial charge in [0.15, 0.2) is 11.5 Å². The predicted octanol–water partition coefficient (Wildman–Crippen LogP) is 4.77. The molecule has 6 nitrogen and oxygen atoms in total. The van der Waals surface area contributed by atoms with Crippen molar-refractivity contribution in [3.63, 3.8) is 0 Å². The first kappa shape index (κ1) is 18.6. The maximum atomic E-state index is 11.1. The zero-order valence-corrected chi connectivity index (χ0v) is 16.3. The average molecular weight is 404 g/mol. The molecular weight excluding hydrogens is 388 g/mol. The molecule has 2 aromatic heterocycles. The van der Waals surface area contributed by atoms with Gasteiger partial charge < -0.3 is 0 Å². The van der Waals surface area contributed by atoms with Crippen LogP contribution in [0.15, 0.2) is 85.2 Å². The van der Waals surface area contributed by atoms with E-state index in [1.54, 1.807) is 30.6 Å². The summed E-state index contributed by atoms with van der Waals surface area (Å²) >= 11 is 0. The van der Waals surface area contributed by atoms with E-state index in [-0.39, 0.29) is 0 Å². The molecule has 6 heteroatoms. The number of rotatable bonds is 5. The van der Waals surface area contributed by atoms with Crippen LogP contribution >= 0.6 is 0 Å². The number of aldehydes is 2. The van der Waals surface area contributed by atoms with Crippen LogP contribution in [-0.2, 0) is 0 Å². The number of imidazole rings is 1. The van der Waals surface area contributed by atoms with E-state index in [1.807, 2.05) is 59.2 Å². The highest BCUT2D eigenvalue weighted by atomic mass is 16.1. The Morgan fingerprint density at radius 3 is 1.90 bits per heavy atom. The fourth-order valence-electron chi connectivity index (χ4n) is 3.44. The van der Waals surface area contributed by atoms with Crippen molar-refractivity contribution in [3.05, 3.63) is 96.3 Å². The molecule has 0 aliphatic carbocycles. The Morgan fingerprint density at radius 1 is 0.677 bits per heavy atom. The van der Waals surface area contributed by atoms with Crippen molar-refractivity contribution in [2.45, 2.75) is 0 Å². The number of fused-ring (bicyclic) bond motifs is 1. The Hall–Kier alpha value is -4.45. The van der Waals surface area contributed by atoms with Gasteiger partial charge in [-0.05, 0) is 12.1 Å². The second-order valence-corrected chi connectivity index (χ2v) is 7.00. The van der Waals surface area contributed by atoms with E-state index in [4.69, 9.17) is 9.97 Å². The van der Waals surface area contributed by atoms with Crippen LogP contribution in [0.2, 0.25) is 0 Å². The third-order valence-electron chi connectivity index (χ3n) is 5.06. The molecule has 2 heterocycles. The van der Waals surface area contributed by atoms with Crippen LogP contribution in [0, 0.1) is 0 Å². The summed E-state index contributed by atoms with van der Waals surface area (Å²) in [7, 11) is 0. The number of para-hydroxylation sites is 1. The topological polar surface area (TPSA) is 77.7 Å². The van der Waals surface area contributed by atoms with Gasteiger partial charge in [0.2, 0.25) is 0 Å². The van der Waals surface area contributed by atoms with Crippen LogP contribution in [0.5, 0.6) is 0 Å². The molecule has 31 heavy (non-hydrogen) atoms. The van der Waals surface area contributed by atoms with Crippen LogP contribution in [-0.4, -0.2) is 32.1 Å². The Bertz CT molecular complexity index is 1390. The monoisotopic (exact) mass is 404 g/mol. The lowest BCUT2D eigenvalue weighted by Gasteiger charge is -2.09. The van der Waals surface area contributed by atoms with E-state index >= 15 is 0 Å². The molecule has 0 spiro atoms. The first-order valence-electron chi connectivity index (χ1n) is 9.68. The van der Waals surface area contributed by atoms with Gasteiger partial charge >= 0.3 is 0 Å². The maximum Gasteiger partial charge on any atom is 0.169 e. The number of carbonyl (C=O) groups is 2. The smallest absolute Gasteiger partial charge is 0.169 e. The van der Waals surface area contributed by atoms with Crippen molar-refractivity contribution < 1.29 is 9.59 Å². The normalized spacial score (nSPS) is 10.8. The Balaban J connectivity index is 1.76. The first-order valence-corrected chi connectivity index (χ1v) is 9.68. The van der Waals surface area contributed by atoms with Crippen LogP contribution in [0.1, 0.15) is 20.7 Å². The Morgan fingerprint density at radius 2 is 1.29 bits per heavy atom. The second-order valence-electron chi connectivity index (χ2n) is 7.00. The van der Waals surface area contributed by atoms with Gasteiger partial charge in [-0.2, -0.15) is 0 Å². The molecule has 0 atom stereocenters. The van der Waals surface area contributed by atoms with Gasteiger partial charge in [-0.15, -0.1) is 0 Å². The summed E-state index contributed by atoms with van der Waals surface area (Å²) in [6.07, 6.45) is 3.35. The molecule has 0 saturated carbocycles. The van der Waals surface area contributed by atoms with Gasteiger partial charge in [0.1, 0.15) is 30.1 Å². The quantitative estimate of drug-likeness (QED) is 0.394. The summed E-state index contributed by atoms with van der Waals surface area (Å²) in [4.78, 5) is 36.3. The molecule has 5 aromatic rings. The SMILES string of the molecule is O=Cc1ccc(-c2nc(-c3ccc(C=O)cc3)c3ncn(-c4ccccc4)c3n2)cc1. The minimum atomic E-state index is 0.525. The van der Waals surface area contributed by atoms with Gasteiger partial charge in [0.25, 0.3) is 0 Å². The third kappa shape index (κ3) is 3.40. The summed E-state index contributed by atoms with van der Waals surface area (Å²) in [6, 6.07) is 24.2. The standard InChI is InChI=1S/C25H16N4O2/c30-14-17-6-10-19(11-7-17)22-23-25(29(16-26-23)21-4-2-1-3-5-21)28-24(27-22)20-12-8-18(15-31)9-13-20/h1-16H. The predicted molar refractivity (Wildman–Crippen MR) is 118 cm³/mol. The first-order chi connectivity index (χ1) is 15.3. The van der Waals surface area contributed by atoms with Crippen LogP contribution in [0.4, 0.5) is 0 Å². The van der Waals surface area contributed by atoms with Gasteiger partial charge in [0.05, 0.1) is 0 Å². The molecule has 5 rings (SSSR count). The van der Waals surface area contributed by atoms with E-state index in [2.05, 4.69) is 4.98 Å². The van der Waals surface area contributed by atoms with Gasteiger partial charge in [-0.25, -0.2) is 15.0 Å². The lowest BCUT2D eigenvalue weighted by molar-refractivity contribution is 0.111. The van der Waals surface area contributed by atoms with Crippen molar-refractivity contribution in [1.82, 2.24) is 19.5 Å². The van der Waals surface area contributed by atoms with E-state index in [0.717, 1.165) is 29.4 Å². The molecule has 3 aromatic carbocycles. The molecule has 0 amide bonds. The minimum absolute atomic E-state index is 0.525. The van der Waals surface area contributed by atoms with Crippen LogP contribution < -0.4 is 0 Å². The summed E-state index contributed by atoms with van der Waals surface area (Å²) < 4.78 is 1.92. The number of hydrogen-bond acceptors (Lipinski definition) is 5.